The van der Waals surface area contributed by atoms with E-state index in [4.69, 9.17) is 9.47 Å². The lowest BCUT2D eigenvalue weighted by molar-refractivity contribution is 0.317. The maximum absolute atomic E-state index is 5.70. The molecule has 100 valence electrons. The summed E-state index contributed by atoms with van der Waals surface area (Å²) in [5.74, 6) is 1.53. The molecular formula is C15H23NO2. The molecule has 0 aromatic heterocycles. The maximum Gasteiger partial charge on any atom is 0.161 e. The van der Waals surface area contributed by atoms with E-state index >= 15 is 0 Å². The fourth-order valence-corrected chi connectivity index (χ4v) is 1.52. The lowest BCUT2D eigenvalue weighted by atomic mass is 10.1. The van der Waals surface area contributed by atoms with Crippen molar-refractivity contribution in [3.05, 3.63) is 35.9 Å². The van der Waals surface area contributed by atoms with Gasteiger partial charge in [0.15, 0.2) is 11.5 Å². The highest BCUT2D eigenvalue weighted by atomic mass is 16.5. The third-order valence-electron chi connectivity index (χ3n) is 3.05. The average Bonchev–Trinajstić information content (AvgIpc) is 2.43. The standard InChI is InChI=1S/C15H23NO2/c1-6-11(2)10-18-14-8-7-13(12(3)16-4)9-15(14)17-5/h7-9,12,16H,2,6,10H2,1,3-5H3. The quantitative estimate of drug-likeness (QED) is 0.752. The van der Waals surface area contributed by atoms with Crippen LogP contribution in [-0.4, -0.2) is 20.8 Å². The number of nitrogens with one attached hydrogen (secondary N) is 1. The Morgan fingerprint density at radius 2 is 2.11 bits per heavy atom. The molecule has 0 amide bonds. The molecule has 0 aliphatic carbocycles. The summed E-state index contributed by atoms with van der Waals surface area (Å²) in [6, 6.07) is 6.29. The minimum absolute atomic E-state index is 0.290. The van der Waals surface area contributed by atoms with Crippen LogP contribution in [0.25, 0.3) is 0 Å². The van der Waals surface area contributed by atoms with Gasteiger partial charge in [-0.25, -0.2) is 0 Å². The summed E-state index contributed by atoms with van der Waals surface area (Å²) >= 11 is 0. The van der Waals surface area contributed by atoms with E-state index in [-0.39, 0.29) is 0 Å². The van der Waals surface area contributed by atoms with Crippen molar-refractivity contribution < 1.29 is 9.47 Å². The molecule has 1 atom stereocenters. The van der Waals surface area contributed by atoms with Crippen LogP contribution in [0.5, 0.6) is 11.5 Å². The molecule has 18 heavy (non-hydrogen) atoms. The van der Waals surface area contributed by atoms with Crippen LogP contribution in [0.2, 0.25) is 0 Å². The van der Waals surface area contributed by atoms with Crippen LogP contribution in [0, 0.1) is 0 Å². The van der Waals surface area contributed by atoms with Crippen molar-refractivity contribution in [2.75, 3.05) is 20.8 Å². The van der Waals surface area contributed by atoms with E-state index in [1.807, 2.05) is 25.2 Å². The van der Waals surface area contributed by atoms with Gasteiger partial charge < -0.3 is 14.8 Å². The first-order valence-corrected chi connectivity index (χ1v) is 6.27. The Kier molecular flexibility index (Phi) is 5.72. The van der Waals surface area contributed by atoms with Crippen LogP contribution in [0.1, 0.15) is 31.9 Å². The molecule has 0 spiro atoms. The summed E-state index contributed by atoms with van der Waals surface area (Å²) < 4.78 is 11.1. The number of benzene rings is 1. The predicted molar refractivity (Wildman–Crippen MR) is 75.4 cm³/mol. The van der Waals surface area contributed by atoms with Gasteiger partial charge in [0.05, 0.1) is 7.11 Å². The minimum Gasteiger partial charge on any atom is -0.493 e. The highest BCUT2D eigenvalue weighted by Crippen LogP contribution is 2.30. The fourth-order valence-electron chi connectivity index (χ4n) is 1.52. The second-order valence-electron chi connectivity index (χ2n) is 4.31. The van der Waals surface area contributed by atoms with Crippen LogP contribution in [0.15, 0.2) is 30.4 Å². The molecule has 0 radical (unpaired) electrons. The molecular weight excluding hydrogens is 226 g/mol. The summed E-state index contributed by atoms with van der Waals surface area (Å²) in [5, 5.41) is 3.20. The van der Waals surface area contributed by atoms with Crippen molar-refractivity contribution in [1.29, 1.82) is 0 Å². The highest BCUT2D eigenvalue weighted by molar-refractivity contribution is 5.44. The maximum atomic E-state index is 5.70. The van der Waals surface area contributed by atoms with Crippen LogP contribution < -0.4 is 14.8 Å². The Balaban J connectivity index is 2.83. The van der Waals surface area contributed by atoms with Crippen molar-refractivity contribution >= 4 is 0 Å². The van der Waals surface area contributed by atoms with Crippen molar-refractivity contribution in [3.8, 4) is 11.5 Å². The molecule has 0 bridgehead atoms. The SMILES string of the molecule is C=C(CC)COc1ccc(C(C)NC)cc1OC. The number of methoxy groups -OCH3 is 1. The molecule has 1 N–H and O–H groups in total. The molecule has 0 aliphatic rings. The van der Waals surface area contributed by atoms with Gasteiger partial charge in [-0.1, -0.05) is 19.6 Å². The number of hydrogen-bond donors (Lipinski definition) is 1. The molecule has 0 saturated heterocycles. The highest BCUT2D eigenvalue weighted by Gasteiger charge is 2.09. The summed E-state index contributed by atoms with van der Waals surface area (Å²) in [6.07, 6.45) is 0.928. The Morgan fingerprint density at radius 3 is 2.67 bits per heavy atom. The van der Waals surface area contributed by atoms with E-state index < -0.39 is 0 Å². The Labute approximate surface area is 110 Å². The van der Waals surface area contributed by atoms with Crippen molar-refractivity contribution in [3.63, 3.8) is 0 Å². The van der Waals surface area contributed by atoms with E-state index in [0.717, 1.165) is 23.5 Å². The fraction of sp³-hybridized carbons (Fsp3) is 0.467. The van der Waals surface area contributed by atoms with Gasteiger partial charge >= 0.3 is 0 Å². The van der Waals surface area contributed by atoms with Gasteiger partial charge in [-0.15, -0.1) is 0 Å². The molecule has 1 aromatic rings. The molecule has 1 aromatic carbocycles. The predicted octanol–water partition coefficient (Wildman–Crippen LogP) is 3.32. The first-order valence-electron chi connectivity index (χ1n) is 6.27. The molecule has 0 aliphatic heterocycles. The molecule has 3 heteroatoms. The van der Waals surface area contributed by atoms with Crippen molar-refractivity contribution in [1.82, 2.24) is 5.32 Å². The zero-order valence-corrected chi connectivity index (χ0v) is 11.7. The first-order chi connectivity index (χ1) is 8.62. The van der Waals surface area contributed by atoms with Crippen molar-refractivity contribution in [2.24, 2.45) is 0 Å². The second-order valence-corrected chi connectivity index (χ2v) is 4.31. The third-order valence-corrected chi connectivity index (χ3v) is 3.05. The Morgan fingerprint density at radius 1 is 1.39 bits per heavy atom. The number of ether oxygens (including phenoxy) is 2. The van der Waals surface area contributed by atoms with Gasteiger partial charge in [-0.3, -0.25) is 0 Å². The van der Waals surface area contributed by atoms with Crippen molar-refractivity contribution in [2.45, 2.75) is 26.3 Å². The van der Waals surface area contributed by atoms with Gasteiger partial charge in [0.2, 0.25) is 0 Å². The van der Waals surface area contributed by atoms with E-state index in [1.165, 1.54) is 5.56 Å². The Bertz CT molecular complexity index is 401. The largest absolute Gasteiger partial charge is 0.493 e. The first kappa shape index (κ1) is 14.6. The third kappa shape index (κ3) is 3.77. The van der Waals surface area contributed by atoms with Gasteiger partial charge in [0, 0.05) is 6.04 Å². The number of hydrogen-bond acceptors (Lipinski definition) is 3. The minimum atomic E-state index is 0.290. The zero-order chi connectivity index (χ0) is 13.5. The lowest BCUT2D eigenvalue weighted by Crippen LogP contribution is -2.12. The van der Waals surface area contributed by atoms with Crippen LogP contribution >= 0.6 is 0 Å². The molecule has 0 saturated carbocycles. The van der Waals surface area contributed by atoms with E-state index in [0.29, 0.717) is 12.6 Å². The summed E-state index contributed by atoms with van der Waals surface area (Å²) in [7, 11) is 3.59. The van der Waals surface area contributed by atoms with E-state index in [1.54, 1.807) is 7.11 Å². The zero-order valence-electron chi connectivity index (χ0n) is 11.7. The van der Waals surface area contributed by atoms with Crippen LogP contribution in [0.3, 0.4) is 0 Å². The Hall–Kier alpha value is -1.48. The van der Waals surface area contributed by atoms with Gasteiger partial charge in [0.1, 0.15) is 6.61 Å². The second kappa shape index (κ2) is 7.07. The summed E-state index contributed by atoms with van der Waals surface area (Å²) in [5.41, 5.74) is 2.25. The van der Waals surface area contributed by atoms with Crippen LogP contribution in [-0.2, 0) is 0 Å². The van der Waals surface area contributed by atoms with Crippen LogP contribution in [0.4, 0.5) is 0 Å². The summed E-state index contributed by atoms with van der Waals surface area (Å²) in [6.45, 7) is 8.64. The number of rotatable bonds is 7. The summed E-state index contributed by atoms with van der Waals surface area (Å²) in [4.78, 5) is 0. The van der Waals surface area contributed by atoms with Gasteiger partial charge in [-0.2, -0.15) is 0 Å². The molecule has 0 heterocycles. The topological polar surface area (TPSA) is 30.5 Å². The van der Waals surface area contributed by atoms with Gasteiger partial charge in [-0.05, 0) is 43.7 Å². The van der Waals surface area contributed by atoms with E-state index in [9.17, 15) is 0 Å². The lowest BCUT2D eigenvalue weighted by Gasteiger charge is -2.15. The smallest absolute Gasteiger partial charge is 0.161 e. The molecule has 1 rings (SSSR count). The normalized spacial score (nSPS) is 12.0. The average molecular weight is 249 g/mol. The molecule has 3 nitrogen and oxygen atoms in total. The van der Waals surface area contributed by atoms with E-state index in [2.05, 4.69) is 25.7 Å². The molecule has 0 fully saturated rings. The molecule has 1 unspecified atom stereocenters. The van der Waals surface area contributed by atoms with Gasteiger partial charge in [0.25, 0.3) is 0 Å². The monoisotopic (exact) mass is 249 g/mol.